The Hall–Kier alpha value is -2.21. The number of halogens is 1. The van der Waals surface area contributed by atoms with Gasteiger partial charge in [-0.15, -0.1) is 11.3 Å². The number of amides is 1. The van der Waals surface area contributed by atoms with Gasteiger partial charge in [-0.25, -0.2) is 9.18 Å². The van der Waals surface area contributed by atoms with Crippen LogP contribution in [-0.4, -0.2) is 11.9 Å². The summed E-state index contributed by atoms with van der Waals surface area (Å²) in [5, 5.41) is 3.29. The molecule has 1 amide bonds. The third-order valence-corrected chi connectivity index (χ3v) is 5.13. The van der Waals surface area contributed by atoms with Crippen molar-refractivity contribution in [3.05, 3.63) is 51.7 Å². The van der Waals surface area contributed by atoms with Crippen molar-refractivity contribution in [2.24, 2.45) is 0 Å². The average molecular weight is 347 g/mol. The molecule has 0 aliphatic heterocycles. The lowest BCUT2D eigenvalue weighted by atomic mass is 9.95. The van der Waals surface area contributed by atoms with Gasteiger partial charge in [-0.1, -0.05) is 12.1 Å². The summed E-state index contributed by atoms with van der Waals surface area (Å²) in [5.41, 5.74) is 2.04. The Bertz CT molecular complexity index is 785. The number of rotatable bonds is 4. The van der Waals surface area contributed by atoms with Crippen LogP contribution in [-0.2, 0) is 29.0 Å². The normalized spacial score (nSPS) is 13.2. The van der Waals surface area contributed by atoms with Gasteiger partial charge in [-0.3, -0.25) is 4.79 Å². The fraction of sp³-hybridized carbons (Fsp3) is 0.333. The number of ether oxygens (including phenoxy) is 1. The summed E-state index contributed by atoms with van der Waals surface area (Å²) in [6, 6.07) is 5.96. The lowest BCUT2D eigenvalue weighted by molar-refractivity contribution is -0.114. The first-order valence-corrected chi connectivity index (χ1v) is 8.70. The van der Waals surface area contributed by atoms with E-state index in [1.165, 1.54) is 30.4 Å². The monoisotopic (exact) mass is 347 g/mol. The van der Waals surface area contributed by atoms with Crippen LogP contribution in [0.1, 0.15) is 46.1 Å². The van der Waals surface area contributed by atoms with Crippen molar-refractivity contribution in [2.75, 3.05) is 5.32 Å². The van der Waals surface area contributed by atoms with Crippen molar-refractivity contribution in [1.29, 1.82) is 0 Å². The van der Waals surface area contributed by atoms with Crippen LogP contribution in [0.2, 0.25) is 0 Å². The molecule has 2 aromatic rings. The summed E-state index contributed by atoms with van der Waals surface area (Å²) < 4.78 is 18.6. The Kier molecular flexibility index (Phi) is 4.94. The quantitative estimate of drug-likeness (QED) is 0.848. The van der Waals surface area contributed by atoms with Crippen LogP contribution in [0.3, 0.4) is 0 Å². The highest BCUT2D eigenvalue weighted by Gasteiger charge is 2.27. The number of benzene rings is 1. The molecule has 1 aromatic heterocycles. The molecule has 1 aliphatic carbocycles. The minimum Gasteiger partial charge on any atom is -0.457 e. The number of anilines is 1. The van der Waals surface area contributed by atoms with Gasteiger partial charge in [-0.05, 0) is 48.9 Å². The van der Waals surface area contributed by atoms with E-state index in [1.54, 1.807) is 12.1 Å². The SMILES string of the molecule is CC(=O)Nc1sc2c(c1C(=O)OCc1cccc(F)c1)CCCC2. The van der Waals surface area contributed by atoms with Gasteiger partial charge in [0.15, 0.2) is 0 Å². The van der Waals surface area contributed by atoms with Gasteiger partial charge in [0.1, 0.15) is 17.4 Å². The van der Waals surface area contributed by atoms with Crippen molar-refractivity contribution in [2.45, 2.75) is 39.2 Å². The van der Waals surface area contributed by atoms with E-state index >= 15 is 0 Å². The first-order valence-electron chi connectivity index (χ1n) is 7.88. The second kappa shape index (κ2) is 7.13. The lowest BCUT2D eigenvalue weighted by Crippen LogP contribution is -2.13. The summed E-state index contributed by atoms with van der Waals surface area (Å²) in [7, 11) is 0. The summed E-state index contributed by atoms with van der Waals surface area (Å²) in [4.78, 5) is 25.1. The maximum absolute atomic E-state index is 13.2. The number of hydrogen-bond acceptors (Lipinski definition) is 4. The van der Waals surface area contributed by atoms with E-state index in [0.29, 0.717) is 16.1 Å². The van der Waals surface area contributed by atoms with Crippen LogP contribution in [0, 0.1) is 5.82 Å². The maximum Gasteiger partial charge on any atom is 0.341 e. The molecule has 24 heavy (non-hydrogen) atoms. The third-order valence-electron chi connectivity index (χ3n) is 3.92. The molecule has 0 fully saturated rings. The number of carbonyl (C=O) groups excluding carboxylic acids is 2. The van der Waals surface area contributed by atoms with Crippen LogP contribution in [0.25, 0.3) is 0 Å². The minimum absolute atomic E-state index is 0.000719. The molecule has 1 aliphatic rings. The van der Waals surface area contributed by atoms with Gasteiger partial charge in [0, 0.05) is 11.8 Å². The molecule has 0 saturated heterocycles. The molecule has 1 N–H and O–H groups in total. The van der Waals surface area contributed by atoms with Crippen molar-refractivity contribution in [3.8, 4) is 0 Å². The van der Waals surface area contributed by atoms with E-state index in [1.807, 2.05) is 0 Å². The second-order valence-corrected chi connectivity index (χ2v) is 6.91. The predicted octanol–water partition coefficient (Wildman–Crippen LogP) is 4.08. The third kappa shape index (κ3) is 3.64. The molecule has 4 nitrogen and oxygen atoms in total. The fourth-order valence-electron chi connectivity index (χ4n) is 2.88. The van der Waals surface area contributed by atoms with E-state index in [2.05, 4.69) is 5.32 Å². The molecule has 0 atom stereocenters. The molecule has 0 spiro atoms. The molecular weight excluding hydrogens is 329 g/mol. The number of thiophene rings is 1. The van der Waals surface area contributed by atoms with Crippen molar-refractivity contribution >= 4 is 28.2 Å². The largest absolute Gasteiger partial charge is 0.457 e. The number of fused-ring (bicyclic) bond motifs is 1. The Labute approximate surface area is 143 Å². The van der Waals surface area contributed by atoms with Gasteiger partial charge >= 0.3 is 5.97 Å². The number of esters is 1. The zero-order valence-electron chi connectivity index (χ0n) is 13.4. The topological polar surface area (TPSA) is 55.4 Å². The number of nitrogens with one attached hydrogen (secondary N) is 1. The number of aryl methyl sites for hydroxylation is 1. The molecule has 0 radical (unpaired) electrons. The highest BCUT2D eigenvalue weighted by molar-refractivity contribution is 7.17. The first kappa shape index (κ1) is 16.6. The number of hydrogen-bond donors (Lipinski definition) is 1. The first-order chi connectivity index (χ1) is 11.5. The van der Waals surface area contributed by atoms with Crippen LogP contribution in [0.15, 0.2) is 24.3 Å². The van der Waals surface area contributed by atoms with Crippen LogP contribution in [0.5, 0.6) is 0 Å². The number of carbonyl (C=O) groups is 2. The average Bonchev–Trinajstić information content (AvgIpc) is 2.89. The molecule has 6 heteroatoms. The molecule has 0 unspecified atom stereocenters. The van der Waals surface area contributed by atoms with Crippen LogP contribution < -0.4 is 5.32 Å². The van der Waals surface area contributed by atoms with E-state index in [0.717, 1.165) is 36.1 Å². The minimum atomic E-state index is -0.470. The van der Waals surface area contributed by atoms with Gasteiger partial charge < -0.3 is 10.1 Å². The van der Waals surface area contributed by atoms with Crippen molar-refractivity contribution in [3.63, 3.8) is 0 Å². The zero-order valence-corrected chi connectivity index (χ0v) is 14.2. The van der Waals surface area contributed by atoms with Gasteiger partial charge in [0.25, 0.3) is 0 Å². The fourth-order valence-corrected chi connectivity index (χ4v) is 4.20. The predicted molar refractivity (Wildman–Crippen MR) is 90.8 cm³/mol. The molecule has 126 valence electrons. The Balaban J connectivity index is 1.82. The van der Waals surface area contributed by atoms with Crippen molar-refractivity contribution in [1.82, 2.24) is 0 Å². The van der Waals surface area contributed by atoms with Gasteiger partial charge in [-0.2, -0.15) is 0 Å². The van der Waals surface area contributed by atoms with E-state index in [9.17, 15) is 14.0 Å². The summed E-state index contributed by atoms with van der Waals surface area (Å²) in [6.45, 7) is 1.42. The van der Waals surface area contributed by atoms with E-state index in [4.69, 9.17) is 4.74 Å². The van der Waals surface area contributed by atoms with Gasteiger partial charge in [0.05, 0.1) is 5.56 Å². The molecule has 1 aromatic carbocycles. The van der Waals surface area contributed by atoms with Crippen LogP contribution >= 0.6 is 11.3 Å². The molecule has 1 heterocycles. The smallest absolute Gasteiger partial charge is 0.341 e. The summed E-state index contributed by atoms with van der Waals surface area (Å²) >= 11 is 1.45. The van der Waals surface area contributed by atoms with E-state index in [-0.39, 0.29) is 18.3 Å². The maximum atomic E-state index is 13.2. The lowest BCUT2D eigenvalue weighted by Gasteiger charge is -2.13. The molecule has 3 rings (SSSR count). The van der Waals surface area contributed by atoms with E-state index < -0.39 is 5.97 Å². The zero-order chi connectivity index (χ0) is 17.1. The summed E-state index contributed by atoms with van der Waals surface area (Å²) in [5.74, 6) is -1.05. The van der Waals surface area contributed by atoms with Crippen LogP contribution in [0.4, 0.5) is 9.39 Å². The van der Waals surface area contributed by atoms with Crippen molar-refractivity contribution < 1.29 is 18.7 Å². The van der Waals surface area contributed by atoms with Gasteiger partial charge in [0.2, 0.25) is 5.91 Å². The Morgan fingerprint density at radius 1 is 1.29 bits per heavy atom. The highest BCUT2D eigenvalue weighted by Crippen LogP contribution is 2.38. The summed E-state index contributed by atoms with van der Waals surface area (Å²) in [6.07, 6.45) is 3.85. The Morgan fingerprint density at radius 2 is 2.08 bits per heavy atom. The molecule has 0 bridgehead atoms. The molecule has 0 saturated carbocycles. The standard InChI is InChI=1S/C18H18FNO3S/c1-11(21)20-17-16(14-7-2-3-8-15(14)24-17)18(22)23-10-12-5-4-6-13(19)9-12/h4-6,9H,2-3,7-8,10H2,1H3,(H,20,21). The highest BCUT2D eigenvalue weighted by atomic mass is 32.1. The Morgan fingerprint density at radius 3 is 2.83 bits per heavy atom. The second-order valence-electron chi connectivity index (χ2n) is 5.80. The molecular formula is C18H18FNO3S.